The molecule has 1 unspecified atom stereocenters. The molecular formula is C13H9FO. The molecule has 0 saturated heterocycles. The first-order chi connectivity index (χ1) is 7.29. The van der Waals surface area contributed by atoms with Gasteiger partial charge < -0.3 is 5.11 Å². The summed E-state index contributed by atoms with van der Waals surface area (Å²) in [5.41, 5.74) is 2.80. The van der Waals surface area contributed by atoms with Gasteiger partial charge in [-0.15, -0.1) is 0 Å². The van der Waals surface area contributed by atoms with Crippen LogP contribution in [0.3, 0.4) is 0 Å². The zero-order chi connectivity index (χ0) is 10.4. The molecule has 1 atom stereocenters. The lowest BCUT2D eigenvalue weighted by atomic mass is 10.1. The fourth-order valence-electron chi connectivity index (χ4n) is 2.18. The number of fused-ring (bicyclic) bond motifs is 3. The van der Waals surface area contributed by atoms with Gasteiger partial charge in [0, 0.05) is 5.56 Å². The van der Waals surface area contributed by atoms with Crippen LogP contribution in [-0.2, 0) is 0 Å². The van der Waals surface area contributed by atoms with E-state index < -0.39 is 6.10 Å². The van der Waals surface area contributed by atoms with Crippen molar-refractivity contribution in [2.45, 2.75) is 6.10 Å². The van der Waals surface area contributed by atoms with Crippen LogP contribution in [0.25, 0.3) is 11.1 Å². The molecule has 1 nitrogen and oxygen atoms in total. The molecule has 15 heavy (non-hydrogen) atoms. The Morgan fingerprint density at radius 3 is 2.53 bits per heavy atom. The minimum Gasteiger partial charge on any atom is -0.384 e. The molecule has 2 aromatic carbocycles. The molecule has 2 heteroatoms. The van der Waals surface area contributed by atoms with E-state index in [0.717, 1.165) is 11.1 Å². The van der Waals surface area contributed by atoms with Crippen molar-refractivity contribution < 1.29 is 9.50 Å². The molecule has 3 rings (SSSR count). The molecule has 0 spiro atoms. The fraction of sp³-hybridized carbons (Fsp3) is 0.0769. The second kappa shape index (κ2) is 2.91. The maximum Gasteiger partial charge on any atom is 0.131 e. The normalized spacial score (nSPS) is 17.3. The molecule has 0 aromatic heterocycles. The van der Waals surface area contributed by atoms with Crippen molar-refractivity contribution in [1.82, 2.24) is 0 Å². The summed E-state index contributed by atoms with van der Waals surface area (Å²) in [7, 11) is 0. The van der Waals surface area contributed by atoms with E-state index in [1.54, 1.807) is 12.1 Å². The SMILES string of the molecule is OC1c2ccccc2-c2c(F)cccc21. The van der Waals surface area contributed by atoms with Crippen LogP contribution in [0.15, 0.2) is 42.5 Å². The van der Waals surface area contributed by atoms with Gasteiger partial charge in [0.05, 0.1) is 0 Å². The van der Waals surface area contributed by atoms with Crippen LogP contribution >= 0.6 is 0 Å². The van der Waals surface area contributed by atoms with Crippen LogP contribution in [0.2, 0.25) is 0 Å². The number of hydrogen-bond donors (Lipinski definition) is 1. The summed E-state index contributed by atoms with van der Waals surface area (Å²) in [5.74, 6) is -0.267. The van der Waals surface area contributed by atoms with Crippen molar-refractivity contribution in [2.75, 3.05) is 0 Å². The Bertz CT molecular complexity index is 534. The van der Waals surface area contributed by atoms with E-state index in [-0.39, 0.29) is 5.82 Å². The summed E-state index contributed by atoms with van der Waals surface area (Å²) in [4.78, 5) is 0. The quantitative estimate of drug-likeness (QED) is 0.693. The van der Waals surface area contributed by atoms with E-state index in [1.165, 1.54) is 6.07 Å². The number of rotatable bonds is 0. The molecule has 0 radical (unpaired) electrons. The van der Waals surface area contributed by atoms with Gasteiger partial charge in [0.2, 0.25) is 0 Å². The van der Waals surface area contributed by atoms with E-state index in [2.05, 4.69) is 0 Å². The summed E-state index contributed by atoms with van der Waals surface area (Å²) in [6.07, 6.45) is -0.688. The lowest BCUT2D eigenvalue weighted by molar-refractivity contribution is 0.225. The molecule has 1 aliphatic carbocycles. The molecule has 0 fully saturated rings. The van der Waals surface area contributed by atoms with E-state index in [0.29, 0.717) is 11.1 Å². The third kappa shape index (κ3) is 1.05. The van der Waals surface area contributed by atoms with Gasteiger partial charge in [-0.2, -0.15) is 0 Å². The highest BCUT2D eigenvalue weighted by atomic mass is 19.1. The number of aliphatic hydroxyl groups excluding tert-OH is 1. The zero-order valence-corrected chi connectivity index (χ0v) is 7.94. The van der Waals surface area contributed by atoms with Gasteiger partial charge in [0.25, 0.3) is 0 Å². The maximum absolute atomic E-state index is 13.6. The van der Waals surface area contributed by atoms with Gasteiger partial charge in [-0.25, -0.2) is 4.39 Å². The molecule has 1 aliphatic rings. The van der Waals surface area contributed by atoms with Crippen LogP contribution in [0.4, 0.5) is 4.39 Å². The van der Waals surface area contributed by atoms with E-state index in [4.69, 9.17) is 0 Å². The van der Waals surface area contributed by atoms with Gasteiger partial charge in [-0.1, -0.05) is 36.4 Å². The molecule has 0 amide bonds. The van der Waals surface area contributed by atoms with Gasteiger partial charge >= 0.3 is 0 Å². The predicted octanol–water partition coefficient (Wildman–Crippen LogP) is 2.89. The molecule has 0 saturated carbocycles. The Morgan fingerprint density at radius 2 is 1.67 bits per heavy atom. The Balaban J connectivity index is 2.39. The molecule has 74 valence electrons. The fourth-order valence-corrected chi connectivity index (χ4v) is 2.18. The van der Waals surface area contributed by atoms with Crippen molar-refractivity contribution in [3.05, 3.63) is 59.4 Å². The average Bonchev–Trinajstić information content (AvgIpc) is 2.55. The van der Waals surface area contributed by atoms with Gasteiger partial charge in [0.15, 0.2) is 0 Å². The summed E-state index contributed by atoms with van der Waals surface area (Å²) < 4.78 is 13.6. The highest BCUT2D eigenvalue weighted by molar-refractivity contribution is 5.78. The van der Waals surface area contributed by atoms with Gasteiger partial charge in [0.1, 0.15) is 11.9 Å². The summed E-state index contributed by atoms with van der Waals surface area (Å²) in [5, 5.41) is 9.99. The summed E-state index contributed by atoms with van der Waals surface area (Å²) >= 11 is 0. The minimum atomic E-state index is -0.688. The van der Waals surface area contributed by atoms with Crippen LogP contribution in [-0.4, -0.2) is 5.11 Å². The van der Waals surface area contributed by atoms with E-state index in [9.17, 15) is 9.50 Å². The maximum atomic E-state index is 13.6. The standard InChI is InChI=1S/C13H9FO/c14-11-7-3-6-10-12(11)8-4-1-2-5-9(8)13(10)15/h1-7,13,15H. The minimum absolute atomic E-state index is 0.267. The van der Waals surface area contributed by atoms with Crippen molar-refractivity contribution in [3.8, 4) is 11.1 Å². The Labute approximate surface area is 86.8 Å². The first-order valence-corrected chi connectivity index (χ1v) is 4.85. The van der Waals surface area contributed by atoms with Crippen LogP contribution < -0.4 is 0 Å². The molecule has 0 aliphatic heterocycles. The second-order valence-corrected chi connectivity index (χ2v) is 3.69. The van der Waals surface area contributed by atoms with Gasteiger partial charge in [-0.3, -0.25) is 0 Å². The number of aliphatic hydroxyl groups is 1. The smallest absolute Gasteiger partial charge is 0.131 e. The Kier molecular flexibility index (Phi) is 1.67. The number of hydrogen-bond acceptors (Lipinski definition) is 1. The highest BCUT2D eigenvalue weighted by Gasteiger charge is 2.28. The zero-order valence-electron chi connectivity index (χ0n) is 7.94. The first-order valence-electron chi connectivity index (χ1n) is 4.85. The monoisotopic (exact) mass is 200 g/mol. The third-order valence-corrected chi connectivity index (χ3v) is 2.87. The van der Waals surface area contributed by atoms with E-state index >= 15 is 0 Å². The third-order valence-electron chi connectivity index (χ3n) is 2.87. The average molecular weight is 200 g/mol. The van der Waals surface area contributed by atoms with Crippen molar-refractivity contribution in [2.24, 2.45) is 0 Å². The first kappa shape index (κ1) is 8.62. The van der Waals surface area contributed by atoms with Crippen LogP contribution in [0.5, 0.6) is 0 Å². The Hall–Kier alpha value is -1.67. The molecular weight excluding hydrogens is 191 g/mol. The van der Waals surface area contributed by atoms with Crippen molar-refractivity contribution in [1.29, 1.82) is 0 Å². The molecule has 1 N–H and O–H groups in total. The topological polar surface area (TPSA) is 20.2 Å². The van der Waals surface area contributed by atoms with Crippen molar-refractivity contribution >= 4 is 0 Å². The van der Waals surface area contributed by atoms with E-state index in [1.807, 2.05) is 24.3 Å². The number of benzene rings is 2. The molecule has 2 aromatic rings. The summed E-state index contributed by atoms with van der Waals surface area (Å²) in [6.45, 7) is 0. The summed E-state index contributed by atoms with van der Waals surface area (Å²) in [6, 6.07) is 12.2. The second-order valence-electron chi connectivity index (χ2n) is 3.69. The van der Waals surface area contributed by atoms with Gasteiger partial charge in [-0.05, 0) is 22.8 Å². The van der Waals surface area contributed by atoms with Crippen molar-refractivity contribution in [3.63, 3.8) is 0 Å². The lowest BCUT2D eigenvalue weighted by Gasteiger charge is -2.04. The predicted molar refractivity (Wildman–Crippen MR) is 55.9 cm³/mol. The lowest BCUT2D eigenvalue weighted by Crippen LogP contribution is -1.93. The molecule has 0 bridgehead atoms. The Morgan fingerprint density at radius 1 is 0.933 bits per heavy atom. The number of halogens is 1. The molecule has 0 heterocycles. The largest absolute Gasteiger partial charge is 0.384 e. The van der Waals surface area contributed by atoms with Crippen LogP contribution in [0.1, 0.15) is 17.2 Å². The highest BCUT2D eigenvalue weighted by Crippen LogP contribution is 2.44. The van der Waals surface area contributed by atoms with Crippen LogP contribution in [0, 0.1) is 5.82 Å².